The lowest BCUT2D eigenvalue weighted by Gasteiger charge is -2.19. The van der Waals surface area contributed by atoms with Crippen molar-refractivity contribution in [3.8, 4) is 0 Å². The van der Waals surface area contributed by atoms with Crippen molar-refractivity contribution in [3.05, 3.63) is 40.8 Å². The number of nitrogens with zero attached hydrogens (tertiary/aromatic N) is 2. The summed E-state index contributed by atoms with van der Waals surface area (Å²) in [4.78, 5) is 11.6. The third-order valence-electron chi connectivity index (χ3n) is 3.31. The molecule has 1 N–H and O–H groups in total. The standard InChI is InChI=1S/C18H25N3O3S/c1-12-6-7-13(2)14(10-12)11-25-17-21-20-15(23-17)8-9-19-16(22)24-18(3,4)5/h6-7,10H,8-9,11H2,1-5H3,(H,19,22). The van der Waals surface area contributed by atoms with E-state index in [1.807, 2.05) is 20.8 Å². The minimum Gasteiger partial charge on any atom is -0.444 e. The van der Waals surface area contributed by atoms with E-state index >= 15 is 0 Å². The number of hydrogen-bond donors (Lipinski definition) is 1. The molecule has 0 aliphatic rings. The molecule has 2 aromatic rings. The Morgan fingerprint density at radius 3 is 2.76 bits per heavy atom. The number of rotatable bonds is 6. The summed E-state index contributed by atoms with van der Waals surface area (Å²) in [5.74, 6) is 1.28. The first-order chi connectivity index (χ1) is 11.7. The minimum atomic E-state index is -0.508. The lowest BCUT2D eigenvalue weighted by Crippen LogP contribution is -2.33. The van der Waals surface area contributed by atoms with Crippen LogP contribution in [0.15, 0.2) is 27.8 Å². The van der Waals surface area contributed by atoms with E-state index in [-0.39, 0.29) is 0 Å². The minimum absolute atomic E-state index is 0.387. The molecule has 1 amide bonds. The number of aromatic nitrogens is 2. The van der Waals surface area contributed by atoms with Crippen LogP contribution in [-0.2, 0) is 16.9 Å². The fraction of sp³-hybridized carbons (Fsp3) is 0.500. The van der Waals surface area contributed by atoms with Gasteiger partial charge in [0.05, 0.1) is 0 Å². The molecule has 1 aromatic carbocycles. The second kappa shape index (κ2) is 8.38. The number of thioether (sulfide) groups is 1. The van der Waals surface area contributed by atoms with Crippen LogP contribution in [0.1, 0.15) is 43.4 Å². The van der Waals surface area contributed by atoms with Gasteiger partial charge in [-0.2, -0.15) is 0 Å². The van der Waals surface area contributed by atoms with Crippen LogP contribution in [0.25, 0.3) is 0 Å². The van der Waals surface area contributed by atoms with Gasteiger partial charge in [0, 0.05) is 18.7 Å². The number of nitrogens with one attached hydrogen (secondary N) is 1. The van der Waals surface area contributed by atoms with Crippen molar-refractivity contribution in [3.63, 3.8) is 0 Å². The maximum Gasteiger partial charge on any atom is 0.407 e. The van der Waals surface area contributed by atoms with Gasteiger partial charge in [0.25, 0.3) is 5.22 Å². The maximum absolute atomic E-state index is 11.6. The van der Waals surface area contributed by atoms with E-state index in [1.165, 1.54) is 28.5 Å². The molecule has 1 heterocycles. The molecule has 0 fully saturated rings. The topological polar surface area (TPSA) is 77.2 Å². The second-order valence-electron chi connectivity index (χ2n) is 6.86. The molecule has 7 heteroatoms. The third kappa shape index (κ3) is 6.78. The molecule has 25 heavy (non-hydrogen) atoms. The van der Waals surface area contributed by atoms with E-state index in [0.717, 1.165) is 5.75 Å². The van der Waals surface area contributed by atoms with E-state index in [0.29, 0.717) is 24.1 Å². The first-order valence-electron chi connectivity index (χ1n) is 8.21. The Bertz CT molecular complexity index is 723. The highest BCUT2D eigenvalue weighted by Crippen LogP contribution is 2.24. The van der Waals surface area contributed by atoms with Crippen molar-refractivity contribution in [2.75, 3.05) is 6.54 Å². The number of aryl methyl sites for hydroxylation is 2. The lowest BCUT2D eigenvalue weighted by molar-refractivity contribution is 0.0528. The fourth-order valence-electron chi connectivity index (χ4n) is 2.08. The molecule has 0 aliphatic carbocycles. The van der Waals surface area contributed by atoms with Crippen molar-refractivity contribution in [2.45, 2.75) is 57.6 Å². The summed E-state index contributed by atoms with van der Waals surface area (Å²) in [6.07, 6.45) is 0.0209. The lowest BCUT2D eigenvalue weighted by atomic mass is 10.1. The van der Waals surface area contributed by atoms with Crippen LogP contribution in [0, 0.1) is 13.8 Å². The monoisotopic (exact) mass is 363 g/mol. The Labute approximate surface area is 152 Å². The van der Waals surface area contributed by atoms with E-state index in [4.69, 9.17) is 9.15 Å². The van der Waals surface area contributed by atoms with Crippen LogP contribution in [0.2, 0.25) is 0 Å². The van der Waals surface area contributed by atoms with Gasteiger partial charge in [-0.25, -0.2) is 4.79 Å². The number of carbonyl (C=O) groups excluding carboxylic acids is 1. The SMILES string of the molecule is Cc1ccc(C)c(CSc2nnc(CCNC(=O)OC(C)(C)C)o2)c1. The average Bonchev–Trinajstić information content (AvgIpc) is 2.94. The number of carbonyl (C=O) groups is 1. The molecular formula is C18H25N3O3S. The zero-order chi connectivity index (χ0) is 18.4. The molecule has 0 unspecified atom stereocenters. The van der Waals surface area contributed by atoms with Crippen LogP contribution in [0.5, 0.6) is 0 Å². The molecule has 0 spiro atoms. The van der Waals surface area contributed by atoms with Crippen molar-refractivity contribution >= 4 is 17.9 Å². The van der Waals surface area contributed by atoms with Gasteiger partial charge >= 0.3 is 6.09 Å². The third-order valence-corrected chi connectivity index (χ3v) is 4.18. The first-order valence-corrected chi connectivity index (χ1v) is 9.19. The van der Waals surface area contributed by atoms with Gasteiger partial charge in [0.1, 0.15) is 5.60 Å². The highest BCUT2D eigenvalue weighted by atomic mass is 32.2. The largest absolute Gasteiger partial charge is 0.444 e. The van der Waals surface area contributed by atoms with Crippen molar-refractivity contribution in [1.29, 1.82) is 0 Å². The molecule has 1 aromatic heterocycles. The summed E-state index contributed by atoms with van der Waals surface area (Å²) in [5, 5.41) is 11.3. The molecular weight excluding hydrogens is 338 g/mol. The quantitative estimate of drug-likeness (QED) is 0.780. The normalized spacial score (nSPS) is 11.4. The Hall–Kier alpha value is -2.02. The number of ether oxygens (including phenoxy) is 1. The van der Waals surface area contributed by atoms with Crippen LogP contribution >= 0.6 is 11.8 Å². The van der Waals surface area contributed by atoms with Crippen LogP contribution in [0.3, 0.4) is 0 Å². The van der Waals surface area contributed by atoms with E-state index < -0.39 is 11.7 Å². The van der Waals surface area contributed by atoms with Crippen LogP contribution in [-0.4, -0.2) is 28.4 Å². The van der Waals surface area contributed by atoms with Gasteiger partial charge in [-0.1, -0.05) is 35.5 Å². The summed E-state index contributed by atoms with van der Waals surface area (Å²) in [6, 6.07) is 6.39. The highest BCUT2D eigenvalue weighted by Gasteiger charge is 2.16. The van der Waals surface area contributed by atoms with E-state index in [9.17, 15) is 4.79 Å². The van der Waals surface area contributed by atoms with Gasteiger partial charge in [-0.15, -0.1) is 10.2 Å². The summed E-state index contributed by atoms with van der Waals surface area (Å²) in [7, 11) is 0. The Morgan fingerprint density at radius 1 is 1.28 bits per heavy atom. The molecule has 2 rings (SSSR count). The number of amides is 1. The zero-order valence-corrected chi connectivity index (χ0v) is 16.2. The van der Waals surface area contributed by atoms with Gasteiger partial charge in [0.15, 0.2) is 0 Å². The van der Waals surface area contributed by atoms with Crippen LogP contribution < -0.4 is 5.32 Å². The van der Waals surface area contributed by atoms with Crippen molar-refractivity contribution < 1.29 is 13.9 Å². The summed E-state index contributed by atoms with van der Waals surface area (Å²) < 4.78 is 10.8. The van der Waals surface area contributed by atoms with Gasteiger partial charge in [0.2, 0.25) is 5.89 Å². The summed E-state index contributed by atoms with van der Waals surface area (Å²) in [6.45, 7) is 10.0. The zero-order valence-electron chi connectivity index (χ0n) is 15.4. The molecule has 0 saturated heterocycles. The Morgan fingerprint density at radius 2 is 2.04 bits per heavy atom. The molecule has 0 radical (unpaired) electrons. The number of benzene rings is 1. The predicted octanol–water partition coefficient (Wildman–Crippen LogP) is 4.05. The Balaban J connectivity index is 1.78. The number of hydrogen-bond acceptors (Lipinski definition) is 6. The molecule has 136 valence electrons. The van der Waals surface area contributed by atoms with Crippen LogP contribution in [0.4, 0.5) is 4.79 Å². The highest BCUT2D eigenvalue weighted by molar-refractivity contribution is 7.98. The van der Waals surface area contributed by atoms with Gasteiger partial charge < -0.3 is 14.5 Å². The molecule has 0 saturated carbocycles. The van der Waals surface area contributed by atoms with Gasteiger partial charge in [-0.3, -0.25) is 0 Å². The number of alkyl carbamates (subject to hydrolysis) is 1. The second-order valence-corrected chi connectivity index (χ2v) is 7.79. The molecule has 0 aliphatic heterocycles. The predicted molar refractivity (Wildman–Crippen MR) is 97.7 cm³/mol. The molecule has 0 bridgehead atoms. The smallest absolute Gasteiger partial charge is 0.407 e. The van der Waals surface area contributed by atoms with Crippen molar-refractivity contribution in [1.82, 2.24) is 15.5 Å². The average molecular weight is 363 g/mol. The van der Waals surface area contributed by atoms with Gasteiger partial charge in [-0.05, 0) is 45.7 Å². The van der Waals surface area contributed by atoms with Crippen molar-refractivity contribution in [2.24, 2.45) is 0 Å². The first kappa shape index (κ1) is 19.3. The maximum atomic E-state index is 11.6. The summed E-state index contributed by atoms with van der Waals surface area (Å²) >= 11 is 1.51. The molecule has 6 nitrogen and oxygen atoms in total. The Kier molecular flexibility index (Phi) is 6.47. The van der Waals surface area contributed by atoms with E-state index in [2.05, 4.69) is 47.6 Å². The fourth-order valence-corrected chi connectivity index (χ4v) is 2.92. The molecule has 0 atom stereocenters. The van der Waals surface area contributed by atoms with E-state index in [1.54, 1.807) is 0 Å². The summed E-state index contributed by atoms with van der Waals surface area (Å²) in [5.41, 5.74) is 3.24.